The minimum Gasteiger partial charge on any atom is -0.206 e. The summed E-state index contributed by atoms with van der Waals surface area (Å²) in [4.78, 5) is 0. The number of aryl methyl sites for hydroxylation is 1. The summed E-state index contributed by atoms with van der Waals surface area (Å²) < 4.78 is 57.6. The maximum Gasteiger partial charge on any atom is 0.166 e. The van der Waals surface area contributed by atoms with Crippen LogP contribution in [0.3, 0.4) is 0 Å². The Kier molecular flexibility index (Phi) is 8.31. The highest BCUT2D eigenvalue weighted by atomic mass is 19.2. The zero-order valence-electron chi connectivity index (χ0n) is 20.7. The van der Waals surface area contributed by atoms with Gasteiger partial charge < -0.3 is 0 Å². The molecule has 0 saturated carbocycles. The molecule has 0 fully saturated rings. The van der Waals surface area contributed by atoms with Crippen LogP contribution in [0.15, 0.2) is 60.7 Å². The van der Waals surface area contributed by atoms with Gasteiger partial charge in [0.15, 0.2) is 11.6 Å². The molecule has 1 aliphatic carbocycles. The Morgan fingerprint density at radius 1 is 0.778 bits per heavy atom. The van der Waals surface area contributed by atoms with Crippen LogP contribution < -0.4 is 0 Å². The Hall–Kier alpha value is -3.32. The SMILES string of the molecule is CCCCCC1C=CC(c2ccc(C#Cc3ccc(-c4ccc(C)c(F)c4F)cc3F)c(F)c2)CC1. The van der Waals surface area contributed by atoms with Gasteiger partial charge in [0.25, 0.3) is 0 Å². The first-order chi connectivity index (χ1) is 17.4. The summed E-state index contributed by atoms with van der Waals surface area (Å²) in [7, 11) is 0. The lowest BCUT2D eigenvalue weighted by Crippen LogP contribution is -2.08. The predicted octanol–water partition coefficient (Wildman–Crippen LogP) is 9.25. The summed E-state index contributed by atoms with van der Waals surface area (Å²) in [6, 6.07) is 11.9. The topological polar surface area (TPSA) is 0 Å². The molecule has 0 aliphatic heterocycles. The van der Waals surface area contributed by atoms with Crippen LogP contribution in [-0.2, 0) is 0 Å². The van der Waals surface area contributed by atoms with Gasteiger partial charge in [-0.1, -0.05) is 74.4 Å². The van der Waals surface area contributed by atoms with Crippen molar-refractivity contribution in [3.05, 3.63) is 106 Å². The van der Waals surface area contributed by atoms with E-state index < -0.39 is 23.3 Å². The molecule has 0 aromatic heterocycles. The standard InChI is InChI=1S/C32H30F4/c1-3-4-5-6-22-8-10-23(11-9-22)26-16-14-24(29(33)19-26)12-13-25-15-17-27(20-30(25)34)28-18-7-21(2)31(35)32(28)36/h7-8,10,14-20,22-23H,3-6,9,11H2,1-2H3. The second-order valence-corrected chi connectivity index (χ2v) is 9.57. The van der Waals surface area contributed by atoms with E-state index in [1.165, 1.54) is 62.9 Å². The maximum atomic E-state index is 14.8. The first-order valence-corrected chi connectivity index (χ1v) is 12.6. The van der Waals surface area contributed by atoms with Gasteiger partial charge in [-0.3, -0.25) is 0 Å². The first kappa shape index (κ1) is 25.8. The van der Waals surface area contributed by atoms with E-state index in [4.69, 9.17) is 0 Å². The van der Waals surface area contributed by atoms with Crippen molar-refractivity contribution in [2.24, 2.45) is 5.92 Å². The highest BCUT2D eigenvalue weighted by Gasteiger charge is 2.18. The molecule has 0 heterocycles. The van der Waals surface area contributed by atoms with E-state index in [0.717, 1.165) is 24.5 Å². The minimum absolute atomic E-state index is 0.0258. The zero-order chi connectivity index (χ0) is 25.7. The lowest BCUT2D eigenvalue weighted by molar-refractivity contribution is 0.460. The summed E-state index contributed by atoms with van der Waals surface area (Å²) in [6.45, 7) is 3.67. The van der Waals surface area contributed by atoms with Crippen LogP contribution in [0.4, 0.5) is 17.6 Å². The van der Waals surface area contributed by atoms with Gasteiger partial charge in [0.1, 0.15) is 11.6 Å². The molecule has 3 aromatic carbocycles. The van der Waals surface area contributed by atoms with Crippen LogP contribution >= 0.6 is 0 Å². The van der Waals surface area contributed by atoms with Crippen LogP contribution in [0, 0.1) is 48.0 Å². The molecule has 4 rings (SSSR count). The van der Waals surface area contributed by atoms with Gasteiger partial charge in [-0.2, -0.15) is 0 Å². The lowest BCUT2D eigenvalue weighted by Gasteiger charge is -2.23. The lowest BCUT2D eigenvalue weighted by atomic mass is 9.82. The summed E-state index contributed by atoms with van der Waals surface area (Å²) in [5.41, 5.74) is 1.52. The molecule has 0 N–H and O–H groups in total. The number of benzene rings is 3. The van der Waals surface area contributed by atoms with Crippen LogP contribution in [-0.4, -0.2) is 0 Å². The van der Waals surface area contributed by atoms with Crippen molar-refractivity contribution in [2.75, 3.05) is 0 Å². The van der Waals surface area contributed by atoms with Crippen molar-refractivity contribution < 1.29 is 17.6 Å². The highest BCUT2D eigenvalue weighted by Crippen LogP contribution is 2.33. The molecule has 0 nitrogen and oxygen atoms in total. The van der Waals surface area contributed by atoms with Crippen LogP contribution in [0.5, 0.6) is 0 Å². The van der Waals surface area contributed by atoms with Gasteiger partial charge in [-0.15, -0.1) is 0 Å². The fraction of sp³-hybridized carbons (Fsp3) is 0.312. The Morgan fingerprint density at radius 3 is 2.14 bits per heavy atom. The third-order valence-electron chi connectivity index (χ3n) is 6.95. The van der Waals surface area contributed by atoms with E-state index >= 15 is 0 Å². The van der Waals surface area contributed by atoms with Crippen LogP contribution in [0.1, 0.15) is 73.6 Å². The number of hydrogen-bond acceptors (Lipinski definition) is 0. The minimum atomic E-state index is -1.02. The summed E-state index contributed by atoms with van der Waals surface area (Å²) in [5, 5.41) is 0. The number of hydrogen-bond donors (Lipinski definition) is 0. The first-order valence-electron chi connectivity index (χ1n) is 12.6. The molecule has 2 unspecified atom stereocenters. The van der Waals surface area contributed by atoms with Crippen molar-refractivity contribution >= 4 is 0 Å². The highest BCUT2D eigenvalue weighted by molar-refractivity contribution is 5.66. The number of rotatable bonds is 6. The molecule has 1 aliphatic rings. The Bertz CT molecular complexity index is 1330. The second-order valence-electron chi connectivity index (χ2n) is 9.57. The number of allylic oxidation sites excluding steroid dienone is 2. The third kappa shape index (κ3) is 5.90. The average molecular weight is 491 g/mol. The van der Waals surface area contributed by atoms with Crippen molar-refractivity contribution in [1.82, 2.24) is 0 Å². The van der Waals surface area contributed by atoms with E-state index in [-0.39, 0.29) is 33.7 Å². The smallest absolute Gasteiger partial charge is 0.166 e. The molecule has 36 heavy (non-hydrogen) atoms. The van der Waals surface area contributed by atoms with Gasteiger partial charge in [-0.25, -0.2) is 17.6 Å². The Labute approximate surface area is 211 Å². The fourth-order valence-corrected chi connectivity index (χ4v) is 4.70. The summed E-state index contributed by atoms with van der Waals surface area (Å²) in [6.07, 6.45) is 11.5. The van der Waals surface area contributed by atoms with Crippen molar-refractivity contribution in [1.29, 1.82) is 0 Å². The van der Waals surface area contributed by atoms with Crippen LogP contribution in [0.25, 0.3) is 11.1 Å². The molecule has 0 amide bonds. The van der Waals surface area contributed by atoms with Gasteiger partial charge in [-0.05, 0) is 73.1 Å². The molecule has 0 radical (unpaired) electrons. The van der Waals surface area contributed by atoms with Crippen molar-refractivity contribution in [2.45, 2.75) is 58.3 Å². The Balaban J connectivity index is 1.47. The van der Waals surface area contributed by atoms with E-state index in [0.29, 0.717) is 5.92 Å². The van der Waals surface area contributed by atoms with E-state index in [1.807, 2.05) is 6.07 Å². The number of unbranched alkanes of at least 4 members (excludes halogenated alkanes) is 2. The maximum absolute atomic E-state index is 14.8. The molecule has 0 bridgehead atoms. The van der Waals surface area contributed by atoms with Gasteiger partial charge >= 0.3 is 0 Å². The normalized spacial score (nSPS) is 17.1. The fourth-order valence-electron chi connectivity index (χ4n) is 4.70. The van der Waals surface area contributed by atoms with E-state index in [9.17, 15) is 17.6 Å². The molecule has 186 valence electrons. The molecule has 3 aromatic rings. The Morgan fingerprint density at radius 2 is 1.50 bits per heavy atom. The van der Waals surface area contributed by atoms with E-state index in [2.05, 4.69) is 30.9 Å². The molecule has 2 atom stereocenters. The van der Waals surface area contributed by atoms with Gasteiger partial charge in [0.05, 0.1) is 11.1 Å². The summed E-state index contributed by atoms with van der Waals surface area (Å²) in [5.74, 6) is 3.09. The van der Waals surface area contributed by atoms with Gasteiger partial charge in [0, 0.05) is 11.5 Å². The quantitative estimate of drug-likeness (QED) is 0.140. The zero-order valence-corrected chi connectivity index (χ0v) is 20.7. The average Bonchev–Trinajstić information content (AvgIpc) is 2.88. The molecule has 0 saturated heterocycles. The molecular weight excluding hydrogens is 460 g/mol. The largest absolute Gasteiger partial charge is 0.206 e. The summed E-state index contributed by atoms with van der Waals surface area (Å²) >= 11 is 0. The van der Waals surface area contributed by atoms with Crippen molar-refractivity contribution in [3.8, 4) is 23.0 Å². The van der Waals surface area contributed by atoms with Crippen molar-refractivity contribution in [3.63, 3.8) is 0 Å². The van der Waals surface area contributed by atoms with Crippen LogP contribution in [0.2, 0.25) is 0 Å². The molecule has 0 spiro atoms. The van der Waals surface area contributed by atoms with Gasteiger partial charge in [0.2, 0.25) is 0 Å². The molecule has 4 heteroatoms. The monoisotopic (exact) mass is 490 g/mol. The second kappa shape index (κ2) is 11.6. The van der Waals surface area contributed by atoms with E-state index in [1.54, 1.807) is 6.07 Å². The molecular formula is C32H30F4. The number of halogens is 4. The third-order valence-corrected chi connectivity index (χ3v) is 6.95. The predicted molar refractivity (Wildman–Crippen MR) is 138 cm³/mol.